The normalized spacial score (nSPS) is 11.6. The number of aromatic nitrogens is 4. The first kappa shape index (κ1) is 31.9. The van der Waals surface area contributed by atoms with Gasteiger partial charge in [-0.3, -0.25) is 4.57 Å². The third kappa shape index (κ3) is 5.23. The van der Waals surface area contributed by atoms with E-state index in [0.717, 1.165) is 72.5 Å². The molecule has 0 aliphatic carbocycles. The van der Waals surface area contributed by atoms with Gasteiger partial charge in [0.05, 0.1) is 27.9 Å². The molecule has 0 fully saturated rings. The Labute approximate surface area is 324 Å². The molecule has 4 heterocycles. The van der Waals surface area contributed by atoms with E-state index in [-0.39, 0.29) is 0 Å². The smallest absolute Gasteiger partial charge is 0.145 e. The molecule has 0 radical (unpaired) electrons. The Morgan fingerprint density at radius 3 is 1.79 bits per heavy atom. The van der Waals surface area contributed by atoms with Gasteiger partial charge in [0, 0.05) is 55.8 Å². The number of fused-ring (bicyclic) bond motifs is 6. The summed E-state index contributed by atoms with van der Waals surface area (Å²) in [7, 11) is 0. The van der Waals surface area contributed by atoms with E-state index in [1.54, 1.807) is 0 Å². The van der Waals surface area contributed by atoms with Crippen LogP contribution in [0.15, 0.2) is 206 Å². The molecule has 0 saturated carbocycles. The average molecular weight is 715 g/mol. The van der Waals surface area contributed by atoms with Crippen LogP contribution in [0.5, 0.6) is 0 Å². The first-order valence-corrected chi connectivity index (χ1v) is 19.0. The molecule has 0 unspecified atom stereocenters. The van der Waals surface area contributed by atoms with Gasteiger partial charge in [-0.15, -0.1) is 0 Å². The van der Waals surface area contributed by atoms with Gasteiger partial charge in [-0.1, -0.05) is 133 Å². The summed E-state index contributed by atoms with van der Waals surface area (Å²) < 4.78 is 4.70. The van der Waals surface area contributed by atoms with E-state index < -0.39 is 0 Å². The molecular weight excluding hydrogens is 681 g/mol. The van der Waals surface area contributed by atoms with Crippen LogP contribution >= 0.6 is 0 Å². The molecule has 0 aliphatic heterocycles. The summed E-state index contributed by atoms with van der Waals surface area (Å²) in [5, 5.41) is 4.75. The zero-order valence-corrected chi connectivity index (χ0v) is 30.4. The standard InChI is InChI=1S/C52H34N4/c1-4-15-35(16-5-1)39-33-47(36-17-6-2-7-18-36)54-48(34-39)38-19-12-22-41(31-38)56-50-29-28-37(32-46(50)45-26-14-30-53-52(45)56)42-24-13-25-44-43-23-10-11-27-49(43)55(51(42)44)40-20-8-3-9-21-40/h1-34H. The topological polar surface area (TPSA) is 35.6 Å². The highest BCUT2D eigenvalue weighted by atomic mass is 15.0. The number of para-hydroxylation sites is 3. The fourth-order valence-corrected chi connectivity index (χ4v) is 8.41. The van der Waals surface area contributed by atoms with Crippen molar-refractivity contribution in [2.45, 2.75) is 0 Å². The molecule has 262 valence electrons. The zero-order valence-electron chi connectivity index (χ0n) is 30.4. The van der Waals surface area contributed by atoms with Crippen LogP contribution in [0.4, 0.5) is 0 Å². The number of pyridine rings is 2. The number of nitrogens with zero attached hydrogens (tertiary/aromatic N) is 4. The first-order chi connectivity index (χ1) is 27.8. The summed E-state index contributed by atoms with van der Waals surface area (Å²) in [5.41, 5.74) is 15.2. The lowest BCUT2D eigenvalue weighted by atomic mass is 9.99. The predicted octanol–water partition coefficient (Wildman–Crippen LogP) is 13.3. The molecule has 4 heteroatoms. The number of hydrogen-bond acceptors (Lipinski definition) is 2. The molecule has 0 saturated heterocycles. The maximum Gasteiger partial charge on any atom is 0.145 e. The van der Waals surface area contributed by atoms with Gasteiger partial charge >= 0.3 is 0 Å². The molecule has 0 aliphatic rings. The van der Waals surface area contributed by atoms with Crippen molar-refractivity contribution < 1.29 is 0 Å². The van der Waals surface area contributed by atoms with Crippen LogP contribution < -0.4 is 0 Å². The minimum atomic E-state index is 0.921. The minimum absolute atomic E-state index is 0.921. The fourth-order valence-electron chi connectivity index (χ4n) is 8.41. The van der Waals surface area contributed by atoms with Crippen LogP contribution in [-0.2, 0) is 0 Å². The Bertz CT molecular complexity index is 3170. The van der Waals surface area contributed by atoms with Gasteiger partial charge in [-0.25, -0.2) is 9.97 Å². The lowest BCUT2D eigenvalue weighted by Crippen LogP contribution is -1.97. The van der Waals surface area contributed by atoms with Gasteiger partial charge < -0.3 is 4.57 Å². The van der Waals surface area contributed by atoms with E-state index in [0.29, 0.717) is 0 Å². The van der Waals surface area contributed by atoms with Gasteiger partial charge in [0.2, 0.25) is 0 Å². The van der Waals surface area contributed by atoms with Crippen molar-refractivity contribution >= 4 is 43.7 Å². The lowest BCUT2D eigenvalue weighted by molar-refractivity contribution is 1.13. The third-order valence-corrected chi connectivity index (χ3v) is 10.9. The molecular formula is C52H34N4. The van der Waals surface area contributed by atoms with Crippen molar-refractivity contribution in [2.75, 3.05) is 0 Å². The summed E-state index contributed by atoms with van der Waals surface area (Å²) in [4.78, 5) is 10.2. The molecule has 7 aromatic carbocycles. The van der Waals surface area contributed by atoms with Gasteiger partial charge in [0.25, 0.3) is 0 Å². The second-order valence-electron chi connectivity index (χ2n) is 14.2. The van der Waals surface area contributed by atoms with Crippen molar-refractivity contribution in [3.05, 3.63) is 206 Å². The van der Waals surface area contributed by atoms with Crippen LogP contribution in [0.3, 0.4) is 0 Å². The largest absolute Gasteiger partial charge is 0.309 e. The van der Waals surface area contributed by atoms with E-state index >= 15 is 0 Å². The lowest BCUT2D eigenvalue weighted by Gasteiger charge is -2.13. The van der Waals surface area contributed by atoms with Crippen LogP contribution in [0.2, 0.25) is 0 Å². The summed E-state index contributed by atoms with van der Waals surface area (Å²) in [6.45, 7) is 0. The monoisotopic (exact) mass is 714 g/mol. The fraction of sp³-hybridized carbons (Fsp3) is 0. The Kier molecular flexibility index (Phi) is 7.46. The SMILES string of the molecule is c1ccc(-c2cc(-c3ccccc3)nc(-c3cccc(-n4c5ccc(-c6cccc7c8ccccc8n(-c8ccccc8)c67)cc5c5cccnc54)c3)c2)cc1. The highest BCUT2D eigenvalue weighted by Crippen LogP contribution is 2.41. The van der Waals surface area contributed by atoms with Crippen molar-refractivity contribution in [3.8, 4) is 56.1 Å². The van der Waals surface area contributed by atoms with Crippen LogP contribution in [0.25, 0.3) is 99.9 Å². The highest BCUT2D eigenvalue weighted by molar-refractivity contribution is 6.15. The van der Waals surface area contributed by atoms with E-state index in [1.807, 2.05) is 18.3 Å². The second kappa shape index (κ2) is 13.1. The summed E-state index contributed by atoms with van der Waals surface area (Å²) >= 11 is 0. The van der Waals surface area contributed by atoms with Gasteiger partial charge in [0.1, 0.15) is 5.65 Å². The number of benzene rings is 7. The summed E-state index contributed by atoms with van der Waals surface area (Å²) in [6, 6.07) is 71.2. The van der Waals surface area contributed by atoms with Crippen LogP contribution in [0, 0.1) is 0 Å². The molecule has 0 amide bonds. The summed E-state index contributed by atoms with van der Waals surface area (Å²) in [6.07, 6.45) is 1.89. The van der Waals surface area contributed by atoms with Crippen molar-refractivity contribution in [3.63, 3.8) is 0 Å². The van der Waals surface area contributed by atoms with Crippen LogP contribution in [0.1, 0.15) is 0 Å². The number of rotatable bonds is 6. The van der Waals surface area contributed by atoms with E-state index in [9.17, 15) is 0 Å². The number of hydrogen-bond donors (Lipinski definition) is 0. The quantitative estimate of drug-likeness (QED) is 0.172. The Morgan fingerprint density at radius 2 is 0.964 bits per heavy atom. The third-order valence-electron chi connectivity index (χ3n) is 10.9. The molecule has 11 rings (SSSR count). The Morgan fingerprint density at radius 1 is 0.339 bits per heavy atom. The van der Waals surface area contributed by atoms with Gasteiger partial charge in [-0.2, -0.15) is 0 Å². The second-order valence-corrected chi connectivity index (χ2v) is 14.2. The van der Waals surface area contributed by atoms with Crippen molar-refractivity contribution in [1.29, 1.82) is 0 Å². The maximum atomic E-state index is 5.23. The zero-order chi connectivity index (χ0) is 37.0. The average Bonchev–Trinajstić information content (AvgIpc) is 3.80. The van der Waals surface area contributed by atoms with Crippen molar-refractivity contribution in [1.82, 2.24) is 19.1 Å². The molecule has 11 aromatic rings. The van der Waals surface area contributed by atoms with Crippen LogP contribution in [-0.4, -0.2) is 19.1 Å². The van der Waals surface area contributed by atoms with E-state index in [2.05, 4.69) is 197 Å². The predicted molar refractivity (Wildman–Crippen MR) is 232 cm³/mol. The molecule has 4 nitrogen and oxygen atoms in total. The van der Waals surface area contributed by atoms with Gasteiger partial charge in [0.15, 0.2) is 0 Å². The molecule has 0 bridgehead atoms. The molecule has 0 atom stereocenters. The molecule has 4 aromatic heterocycles. The Hall–Kier alpha value is -7.56. The molecule has 56 heavy (non-hydrogen) atoms. The summed E-state index contributed by atoms with van der Waals surface area (Å²) in [5.74, 6) is 0. The Balaban J connectivity index is 1.09. The van der Waals surface area contributed by atoms with E-state index in [4.69, 9.17) is 9.97 Å². The highest BCUT2D eigenvalue weighted by Gasteiger charge is 2.19. The molecule has 0 N–H and O–H groups in total. The maximum absolute atomic E-state index is 5.23. The first-order valence-electron chi connectivity index (χ1n) is 19.0. The van der Waals surface area contributed by atoms with Crippen molar-refractivity contribution in [2.24, 2.45) is 0 Å². The minimum Gasteiger partial charge on any atom is -0.309 e. The van der Waals surface area contributed by atoms with Gasteiger partial charge in [-0.05, 0) is 83.4 Å². The van der Waals surface area contributed by atoms with E-state index in [1.165, 1.54) is 27.4 Å². The molecule has 0 spiro atoms.